The molecule has 3 aromatic rings. The van der Waals surface area contributed by atoms with E-state index in [9.17, 15) is 4.79 Å². The molecular formula is C23H20INO. The summed E-state index contributed by atoms with van der Waals surface area (Å²) in [5.41, 5.74) is 4.23. The molecule has 3 rings (SSSR count). The van der Waals surface area contributed by atoms with Crippen molar-refractivity contribution in [2.45, 2.75) is 13.5 Å². The van der Waals surface area contributed by atoms with Gasteiger partial charge in [-0.2, -0.15) is 0 Å². The first-order valence-corrected chi connectivity index (χ1v) is 9.56. The van der Waals surface area contributed by atoms with E-state index in [1.807, 2.05) is 83.8 Å². The van der Waals surface area contributed by atoms with Crippen LogP contribution in [0.15, 0.2) is 84.9 Å². The van der Waals surface area contributed by atoms with Crippen molar-refractivity contribution in [3.8, 4) is 0 Å². The maximum Gasteiger partial charge on any atom is 0.251 e. The highest BCUT2D eigenvalue weighted by Crippen LogP contribution is 2.26. The van der Waals surface area contributed by atoms with Gasteiger partial charge in [0.1, 0.15) is 0 Å². The molecule has 0 aliphatic rings. The van der Waals surface area contributed by atoms with E-state index in [4.69, 9.17) is 0 Å². The van der Waals surface area contributed by atoms with Crippen molar-refractivity contribution in [2.75, 3.05) is 4.90 Å². The topological polar surface area (TPSA) is 20.3 Å². The Bertz CT molecular complexity index is 904. The molecule has 3 heteroatoms. The lowest BCUT2D eigenvalue weighted by Crippen LogP contribution is -2.29. The Balaban J connectivity index is 1.91. The van der Waals surface area contributed by atoms with E-state index >= 15 is 0 Å². The van der Waals surface area contributed by atoms with Gasteiger partial charge in [0.15, 0.2) is 0 Å². The third-order valence-electron chi connectivity index (χ3n) is 4.06. The number of aryl methyl sites for hydroxylation is 1. The van der Waals surface area contributed by atoms with Gasteiger partial charge in [0.05, 0.1) is 12.2 Å². The van der Waals surface area contributed by atoms with E-state index in [1.54, 1.807) is 6.08 Å². The molecule has 0 spiro atoms. The summed E-state index contributed by atoms with van der Waals surface area (Å²) in [7, 11) is 0. The van der Waals surface area contributed by atoms with Crippen LogP contribution in [0.4, 0.5) is 5.69 Å². The summed E-state index contributed by atoms with van der Waals surface area (Å²) in [6, 6.07) is 26.1. The Hall–Kier alpha value is -2.40. The highest BCUT2D eigenvalue weighted by atomic mass is 127. The first-order chi connectivity index (χ1) is 12.6. The van der Waals surface area contributed by atoms with Crippen LogP contribution in [0, 0.1) is 10.5 Å². The predicted octanol–water partition coefficient (Wildman–Crippen LogP) is 5.85. The van der Waals surface area contributed by atoms with E-state index < -0.39 is 0 Å². The minimum atomic E-state index is -0.0283. The van der Waals surface area contributed by atoms with Crippen LogP contribution in [-0.2, 0) is 11.3 Å². The quantitative estimate of drug-likeness (QED) is 0.351. The van der Waals surface area contributed by atoms with Crippen molar-refractivity contribution in [1.29, 1.82) is 0 Å². The van der Waals surface area contributed by atoms with Crippen molar-refractivity contribution in [3.63, 3.8) is 0 Å². The lowest BCUT2D eigenvalue weighted by molar-refractivity contribution is -0.114. The van der Waals surface area contributed by atoms with Crippen molar-refractivity contribution in [1.82, 2.24) is 0 Å². The number of amides is 1. The fourth-order valence-electron chi connectivity index (χ4n) is 2.70. The van der Waals surface area contributed by atoms with Crippen LogP contribution in [0.2, 0.25) is 0 Å². The molecule has 0 aliphatic heterocycles. The van der Waals surface area contributed by atoms with Crippen LogP contribution in [-0.4, -0.2) is 5.91 Å². The predicted molar refractivity (Wildman–Crippen MR) is 117 cm³/mol. The Morgan fingerprint density at radius 2 is 1.62 bits per heavy atom. The van der Waals surface area contributed by atoms with E-state index in [1.165, 1.54) is 5.56 Å². The maximum atomic E-state index is 13.0. The zero-order valence-corrected chi connectivity index (χ0v) is 16.8. The average Bonchev–Trinajstić information content (AvgIpc) is 2.66. The Morgan fingerprint density at radius 3 is 2.27 bits per heavy atom. The molecule has 0 fully saturated rings. The van der Waals surface area contributed by atoms with Crippen molar-refractivity contribution >= 4 is 40.3 Å². The molecule has 0 aliphatic carbocycles. The SMILES string of the molecule is Cc1ccc(N(Cc2ccccc2)C(=O)/C=C/c2ccccc2)c(I)c1. The molecule has 0 saturated heterocycles. The van der Waals surface area contributed by atoms with E-state index in [-0.39, 0.29) is 5.91 Å². The molecule has 2 nitrogen and oxygen atoms in total. The summed E-state index contributed by atoms with van der Waals surface area (Å²) in [4.78, 5) is 14.8. The molecular weight excluding hydrogens is 433 g/mol. The molecule has 0 aromatic heterocycles. The molecule has 0 atom stereocenters. The number of hydrogen-bond donors (Lipinski definition) is 0. The summed E-state index contributed by atoms with van der Waals surface area (Å²) in [5, 5.41) is 0. The second-order valence-corrected chi connectivity index (χ2v) is 7.27. The normalized spacial score (nSPS) is 10.8. The average molecular weight is 453 g/mol. The Kier molecular flexibility index (Phi) is 6.23. The minimum Gasteiger partial charge on any atom is -0.303 e. The van der Waals surface area contributed by atoms with Crippen molar-refractivity contribution in [2.24, 2.45) is 0 Å². The first-order valence-electron chi connectivity index (χ1n) is 8.48. The van der Waals surface area contributed by atoms with Gasteiger partial charge < -0.3 is 4.90 Å². The lowest BCUT2D eigenvalue weighted by atomic mass is 10.1. The van der Waals surface area contributed by atoms with Gasteiger partial charge in [0.25, 0.3) is 5.91 Å². The fraction of sp³-hybridized carbons (Fsp3) is 0.0870. The zero-order chi connectivity index (χ0) is 18.4. The van der Waals surface area contributed by atoms with E-state index in [2.05, 4.69) is 35.6 Å². The summed E-state index contributed by atoms with van der Waals surface area (Å²) in [6.45, 7) is 2.60. The number of carbonyl (C=O) groups excluding carboxylic acids is 1. The van der Waals surface area contributed by atoms with Gasteiger partial charge in [-0.15, -0.1) is 0 Å². The molecule has 0 radical (unpaired) electrons. The highest BCUT2D eigenvalue weighted by molar-refractivity contribution is 14.1. The summed E-state index contributed by atoms with van der Waals surface area (Å²) in [5.74, 6) is -0.0283. The third-order valence-corrected chi connectivity index (χ3v) is 4.93. The van der Waals surface area contributed by atoms with Gasteiger partial charge in [0.2, 0.25) is 0 Å². The van der Waals surface area contributed by atoms with Crippen LogP contribution in [0.25, 0.3) is 6.08 Å². The lowest BCUT2D eigenvalue weighted by Gasteiger charge is -2.23. The molecule has 1 amide bonds. The highest BCUT2D eigenvalue weighted by Gasteiger charge is 2.16. The summed E-state index contributed by atoms with van der Waals surface area (Å²) >= 11 is 2.30. The second kappa shape index (κ2) is 8.81. The van der Waals surface area contributed by atoms with Gasteiger partial charge in [-0.25, -0.2) is 0 Å². The Labute approximate surface area is 168 Å². The van der Waals surface area contributed by atoms with Gasteiger partial charge in [-0.3, -0.25) is 4.79 Å². The molecule has 0 saturated carbocycles. The minimum absolute atomic E-state index is 0.0283. The molecule has 130 valence electrons. The molecule has 26 heavy (non-hydrogen) atoms. The van der Waals surface area contributed by atoms with E-state index in [0.717, 1.165) is 20.4 Å². The second-order valence-electron chi connectivity index (χ2n) is 6.11. The smallest absolute Gasteiger partial charge is 0.251 e. The molecule has 0 heterocycles. The van der Waals surface area contributed by atoms with Crippen LogP contribution in [0.3, 0.4) is 0 Å². The number of halogens is 1. The monoisotopic (exact) mass is 453 g/mol. The number of carbonyl (C=O) groups is 1. The molecule has 0 N–H and O–H groups in total. The summed E-state index contributed by atoms with van der Waals surface area (Å²) < 4.78 is 1.07. The van der Waals surface area contributed by atoms with Crippen LogP contribution in [0.5, 0.6) is 0 Å². The van der Waals surface area contributed by atoms with Gasteiger partial charge in [-0.05, 0) is 64.4 Å². The van der Waals surface area contributed by atoms with Crippen LogP contribution >= 0.6 is 22.6 Å². The Morgan fingerprint density at radius 1 is 0.962 bits per heavy atom. The number of benzene rings is 3. The van der Waals surface area contributed by atoms with Crippen LogP contribution in [0.1, 0.15) is 16.7 Å². The number of hydrogen-bond acceptors (Lipinski definition) is 1. The van der Waals surface area contributed by atoms with E-state index in [0.29, 0.717) is 6.54 Å². The van der Waals surface area contributed by atoms with Crippen LogP contribution < -0.4 is 4.90 Å². The molecule has 0 unspecified atom stereocenters. The maximum absolute atomic E-state index is 13.0. The zero-order valence-electron chi connectivity index (χ0n) is 14.6. The van der Waals surface area contributed by atoms with Gasteiger partial charge in [0, 0.05) is 9.65 Å². The number of nitrogens with zero attached hydrogens (tertiary/aromatic N) is 1. The van der Waals surface area contributed by atoms with Crippen molar-refractivity contribution in [3.05, 3.63) is 105 Å². The standard InChI is InChI=1S/C23H20INO/c1-18-12-14-22(21(24)16-18)25(17-20-10-6-3-7-11-20)23(26)15-13-19-8-4-2-5-9-19/h2-16H,17H2,1H3/b15-13+. The van der Waals surface area contributed by atoms with Gasteiger partial charge >= 0.3 is 0 Å². The van der Waals surface area contributed by atoms with Gasteiger partial charge in [-0.1, -0.05) is 66.7 Å². The number of rotatable bonds is 5. The fourth-order valence-corrected chi connectivity index (χ4v) is 3.66. The molecule has 0 bridgehead atoms. The molecule has 3 aromatic carbocycles. The number of anilines is 1. The third kappa shape index (κ3) is 4.82. The largest absolute Gasteiger partial charge is 0.303 e. The first kappa shape index (κ1) is 18.4. The van der Waals surface area contributed by atoms with Crippen molar-refractivity contribution < 1.29 is 4.79 Å². The summed E-state index contributed by atoms with van der Waals surface area (Å²) in [6.07, 6.45) is 3.51.